The Morgan fingerprint density at radius 2 is 2.26 bits per heavy atom. The molecule has 4 heteroatoms. The molecule has 1 aromatic rings. The highest BCUT2D eigenvalue weighted by molar-refractivity contribution is 5.65. The lowest BCUT2D eigenvalue weighted by Crippen LogP contribution is -2.27. The highest BCUT2D eigenvalue weighted by atomic mass is 16.5. The van der Waals surface area contributed by atoms with E-state index in [1.54, 1.807) is 12.0 Å². The van der Waals surface area contributed by atoms with Crippen molar-refractivity contribution in [3.05, 3.63) is 29.3 Å². The number of methoxy groups -OCH3 is 1. The Morgan fingerprint density at radius 3 is 3.00 bits per heavy atom. The lowest BCUT2D eigenvalue weighted by atomic mass is 9.87. The van der Waals surface area contributed by atoms with E-state index in [1.165, 1.54) is 11.1 Å². The minimum atomic E-state index is -0.794. The zero-order valence-corrected chi connectivity index (χ0v) is 11.1. The van der Waals surface area contributed by atoms with Gasteiger partial charge in [-0.05, 0) is 48.4 Å². The van der Waals surface area contributed by atoms with Crippen LogP contribution in [0, 0.1) is 5.92 Å². The maximum atomic E-state index is 11.2. The Hall–Kier alpha value is -1.71. The first kappa shape index (κ1) is 12.3. The van der Waals surface area contributed by atoms with E-state index in [9.17, 15) is 9.90 Å². The third-order valence-corrected chi connectivity index (χ3v) is 4.49. The Morgan fingerprint density at radius 1 is 1.42 bits per heavy atom. The van der Waals surface area contributed by atoms with Crippen molar-refractivity contribution in [3.63, 3.8) is 0 Å². The van der Waals surface area contributed by atoms with Crippen molar-refractivity contribution in [2.24, 2.45) is 5.92 Å². The predicted molar refractivity (Wildman–Crippen MR) is 71.8 cm³/mol. The van der Waals surface area contributed by atoms with E-state index in [2.05, 4.69) is 12.1 Å². The van der Waals surface area contributed by atoms with Gasteiger partial charge in [-0.2, -0.15) is 0 Å². The minimum absolute atomic E-state index is 0.337. The topological polar surface area (TPSA) is 49.8 Å². The fourth-order valence-corrected chi connectivity index (χ4v) is 3.50. The number of likely N-dealkylation sites (tertiary alicyclic amines) is 1. The van der Waals surface area contributed by atoms with Gasteiger partial charge in [-0.15, -0.1) is 0 Å². The Balaban J connectivity index is 1.97. The molecule has 1 aliphatic heterocycles. The summed E-state index contributed by atoms with van der Waals surface area (Å²) in [5, 5.41) is 9.18. The number of amides is 1. The lowest BCUT2D eigenvalue weighted by molar-refractivity contribution is 0.153. The van der Waals surface area contributed by atoms with Gasteiger partial charge in [0.2, 0.25) is 0 Å². The van der Waals surface area contributed by atoms with E-state index in [0.717, 1.165) is 25.0 Å². The molecular weight excluding hydrogens is 242 g/mol. The van der Waals surface area contributed by atoms with Gasteiger partial charge < -0.3 is 14.7 Å². The summed E-state index contributed by atoms with van der Waals surface area (Å²) >= 11 is 0. The second-order valence-corrected chi connectivity index (χ2v) is 5.51. The molecule has 0 aromatic heterocycles. The third-order valence-electron chi connectivity index (χ3n) is 4.49. The summed E-state index contributed by atoms with van der Waals surface area (Å²) in [7, 11) is 1.67. The highest BCUT2D eigenvalue weighted by Gasteiger charge is 2.38. The maximum absolute atomic E-state index is 11.2. The van der Waals surface area contributed by atoms with Crippen LogP contribution in [0.25, 0.3) is 0 Å². The van der Waals surface area contributed by atoms with Crippen molar-refractivity contribution in [1.29, 1.82) is 0 Å². The molecular formula is C15H19NO3. The summed E-state index contributed by atoms with van der Waals surface area (Å²) in [6.45, 7) is 1.30. The van der Waals surface area contributed by atoms with Crippen LogP contribution in [0.4, 0.5) is 4.79 Å². The average Bonchev–Trinajstić information content (AvgIpc) is 2.76. The fraction of sp³-hybridized carbons (Fsp3) is 0.533. The van der Waals surface area contributed by atoms with Gasteiger partial charge in [0, 0.05) is 19.0 Å². The molecule has 1 aliphatic carbocycles. The van der Waals surface area contributed by atoms with Crippen molar-refractivity contribution in [2.45, 2.75) is 25.2 Å². The van der Waals surface area contributed by atoms with Crippen molar-refractivity contribution < 1.29 is 14.6 Å². The summed E-state index contributed by atoms with van der Waals surface area (Å²) in [6, 6.07) is 6.24. The van der Waals surface area contributed by atoms with Crippen LogP contribution < -0.4 is 4.74 Å². The predicted octanol–water partition coefficient (Wildman–Crippen LogP) is 2.72. The van der Waals surface area contributed by atoms with E-state index < -0.39 is 6.09 Å². The first-order valence-electron chi connectivity index (χ1n) is 6.83. The number of nitrogens with zero attached hydrogens (tertiary/aromatic N) is 1. The van der Waals surface area contributed by atoms with Crippen LogP contribution in [0.2, 0.25) is 0 Å². The van der Waals surface area contributed by atoms with Gasteiger partial charge in [-0.1, -0.05) is 6.07 Å². The number of hydrogen-bond donors (Lipinski definition) is 1. The van der Waals surface area contributed by atoms with Crippen LogP contribution in [0.15, 0.2) is 18.2 Å². The summed E-state index contributed by atoms with van der Waals surface area (Å²) in [6.07, 6.45) is 2.57. The summed E-state index contributed by atoms with van der Waals surface area (Å²) in [5.41, 5.74) is 2.66. The summed E-state index contributed by atoms with van der Waals surface area (Å²) in [4.78, 5) is 12.7. The maximum Gasteiger partial charge on any atom is 0.407 e. The van der Waals surface area contributed by atoms with E-state index in [-0.39, 0.29) is 0 Å². The molecule has 2 atom stereocenters. The van der Waals surface area contributed by atoms with Gasteiger partial charge in [-0.3, -0.25) is 0 Å². The number of aryl methyl sites for hydroxylation is 1. The van der Waals surface area contributed by atoms with Gasteiger partial charge in [-0.25, -0.2) is 4.79 Å². The van der Waals surface area contributed by atoms with Crippen molar-refractivity contribution in [2.75, 3.05) is 20.2 Å². The number of rotatable bonds is 1. The molecule has 1 saturated heterocycles. The van der Waals surface area contributed by atoms with Crippen molar-refractivity contribution >= 4 is 6.09 Å². The highest BCUT2D eigenvalue weighted by Crippen LogP contribution is 2.41. The molecule has 3 rings (SSSR count). The molecule has 1 N–H and O–H groups in total. The molecule has 0 saturated carbocycles. The van der Waals surface area contributed by atoms with E-state index in [1.807, 2.05) is 6.07 Å². The van der Waals surface area contributed by atoms with Gasteiger partial charge in [0.05, 0.1) is 7.11 Å². The molecule has 1 fully saturated rings. The molecule has 19 heavy (non-hydrogen) atoms. The lowest BCUT2D eigenvalue weighted by Gasteiger charge is -2.18. The fourth-order valence-electron chi connectivity index (χ4n) is 3.50. The van der Waals surface area contributed by atoms with E-state index in [4.69, 9.17) is 4.74 Å². The summed E-state index contributed by atoms with van der Waals surface area (Å²) in [5.74, 6) is 1.67. The molecule has 102 valence electrons. The quantitative estimate of drug-likeness (QED) is 0.845. The second-order valence-electron chi connectivity index (χ2n) is 5.51. The average molecular weight is 261 g/mol. The molecule has 1 heterocycles. The standard InChI is InChI=1S/C15H19NO3/c1-19-12-6-5-10-3-2-4-11-8-16(15(17)18)9-14(11)13(10)7-12/h5-7,11,14H,2-4,8-9H2,1H3,(H,17,18)/t11-,14-/m0/s1. The minimum Gasteiger partial charge on any atom is -0.497 e. The zero-order chi connectivity index (χ0) is 13.4. The van der Waals surface area contributed by atoms with E-state index >= 15 is 0 Å². The third kappa shape index (κ3) is 2.15. The molecule has 4 nitrogen and oxygen atoms in total. The van der Waals surface area contributed by atoms with Crippen LogP contribution in [-0.4, -0.2) is 36.3 Å². The van der Waals surface area contributed by atoms with Crippen LogP contribution >= 0.6 is 0 Å². The summed E-state index contributed by atoms with van der Waals surface area (Å²) < 4.78 is 5.31. The van der Waals surface area contributed by atoms with Crippen molar-refractivity contribution in [1.82, 2.24) is 4.90 Å². The van der Waals surface area contributed by atoms with Crippen LogP contribution in [0.3, 0.4) is 0 Å². The Kier molecular flexibility index (Phi) is 3.09. The zero-order valence-electron chi connectivity index (χ0n) is 11.1. The number of carboxylic acid groups (broad SMARTS) is 1. The normalized spacial score (nSPS) is 25.4. The molecule has 0 spiro atoms. The number of ether oxygens (including phenoxy) is 1. The molecule has 0 bridgehead atoms. The Bertz CT molecular complexity index is 500. The number of benzene rings is 1. The van der Waals surface area contributed by atoms with Gasteiger partial charge >= 0.3 is 6.09 Å². The van der Waals surface area contributed by atoms with Crippen LogP contribution in [-0.2, 0) is 6.42 Å². The second kappa shape index (κ2) is 4.76. The van der Waals surface area contributed by atoms with Crippen molar-refractivity contribution in [3.8, 4) is 5.75 Å². The monoisotopic (exact) mass is 261 g/mol. The molecule has 2 aliphatic rings. The molecule has 0 radical (unpaired) electrons. The smallest absolute Gasteiger partial charge is 0.407 e. The number of carbonyl (C=O) groups is 1. The van der Waals surface area contributed by atoms with Gasteiger partial charge in [0.1, 0.15) is 5.75 Å². The number of hydrogen-bond acceptors (Lipinski definition) is 2. The first-order valence-corrected chi connectivity index (χ1v) is 6.83. The SMILES string of the molecule is COc1ccc2c(c1)[C@H]1CN(C(=O)O)C[C@@H]1CCC2. The van der Waals surface area contributed by atoms with Crippen LogP contribution in [0.1, 0.15) is 29.9 Å². The molecule has 0 unspecified atom stereocenters. The number of fused-ring (bicyclic) bond motifs is 3. The van der Waals surface area contributed by atoms with Crippen LogP contribution in [0.5, 0.6) is 5.75 Å². The van der Waals surface area contributed by atoms with Gasteiger partial charge in [0.25, 0.3) is 0 Å². The molecule has 1 aromatic carbocycles. The molecule has 1 amide bonds. The van der Waals surface area contributed by atoms with Gasteiger partial charge in [0.15, 0.2) is 0 Å². The first-order chi connectivity index (χ1) is 9.19. The largest absolute Gasteiger partial charge is 0.497 e. The van der Waals surface area contributed by atoms with E-state index in [0.29, 0.717) is 24.9 Å². The Labute approximate surface area is 113 Å².